The second-order valence-corrected chi connectivity index (χ2v) is 3.63. The van der Waals surface area contributed by atoms with Crippen molar-refractivity contribution in [2.75, 3.05) is 5.32 Å². The molecular weight excluding hydrogens is 194 g/mol. The standard InChI is InChI=1S/C9H15N5O/c1-6(2)7(10)5-8(15)13-9-11-3-4-12-14-9/h3-4,6-7H,5,10H2,1-2H3,(H,11,13,14,15). The molecule has 0 radical (unpaired) electrons. The van der Waals surface area contributed by atoms with E-state index in [4.69, 9.17) is 5.73 Å². The molecule has 1 aromatic heterocycles. The third-order valence-electron chi connectivity index (χ3n) is 2.01. The summed E-state index contributed by atoms with van der Waals surface area (Å²) in [5.41, 5.74) is 5.75. The van der Waals surface area contributed by atoms with Crippen molar-refractivity contribution in [2.24, 2.45) is 11.7 Å². The average Bonchev–Trinajstić information content (AvgIpc) is 2.18. The van der Waals surface area contributed by atoms with E-state index < -0.39 is 0 Å². The first kappa shape index (κ1) is 11.5. The van der Waals surface area contributed by atoms with Crippen LogP contribution in [-0.4, -0.2) is 27.1 Å². The van der Waals surface area contributed by atoms with E-state index in [1.807, 2.05) is 13.8 Å². The number of carbonyl (C=O) groups excluding carboxylic acids is 1. The summed E-state index contributed by atoms with van der Waals surface area (Å²) in [5.74, 6) is 0.285. The minimum absolute atomic E-state index is 0.151. The van der Waals surface area contributed by atoms with Crippen LogP contribution in [0.25, 0.3) is 0 Å². The largest absolute Gasteiger partial charge is 0.327 e. The summed E-state index contributed by atoms with van der Waals surface area (Å²) in [6.07, 6.45) is 3.16. The lowest BCUT2D eigenvalue weighted by molar-refractivity contribution is -0.116. The Labute approximate surface area is 88.3 Å². The Hall–Kier alpha value is -1.56. The van der Waals surface area contributed by atoms with Crippen LogP contribution in [-0.2, 0) is 4.79 Å². The highest BCUT2D eigenvalue weighted by Gasteiger charge is 2.13. The molecule has 1 unspecified atom stereocenters. The van der Waals surface area contributed by atoms with Gasteiger partial charge in [0.05, 0.1) is 12.4 Å². The van der Waals surface area contributed by atoms with E-state index >= 15 is 0 Å². The van der Waals surface area contributed by atoms with Gasteiger partial charge < -0.3 is 5.73 Å². The van der Waals surface area contributed by atoms with E-state index in [1.54, 1.807) is 0 Å². The van der Waals surface area contributed by atoms with Crippen molar-refractivity contribution in [2.45, 2.75) is 26.3 Å². The molecule has 0 saturated carbocycles. The fourth-order valence-corrected chi connectivity index (χ4v) is 0.930. The van der Waals surface area contributed by atoms with Gasteiger partial charge in [0.25, 0.3) is 0 Å². The lowest BCUT2D eigenvalue weighted by atomic mass is 10.0. The topological polar surface area (TPSA) is 93.8 Å². The predicted octanol–water partition coefficient (Wildman–Crippen LogP) is 0.183. The van der Waals surface area contributed by atoms with Crippen LogP contribution in [0.5, 0.6) is 0 Å². The van der Waals surface area contributed by atoms with Gasteiger partial charge in [-0.15, -0.1) is 5.10 Å². The summed E-state index contributed by atoms with van der Waals surface area (Å²) in [5, 5.41) is 9.75. The first-order valence-corrected chi connectivity index (χ1v) is 4.78. The molecule has 0 saturated heterocycles. The molecule has 1 amide bonds. The van der Waals surface area contributed by atoms with Gasteiger partial charge in [-0.2, -0.15) is 5.10 Å². The smallest absolute Gasteiger partial charge is 0.249 e. The number of anilines is 1. The lowest BCUT2D eigenvalue weighted by Gasteiger charge is -2.14. The van der Waals surface area contributed by atoms with Crippen LogP contribution in [0.4, 0.5) is 5.95 Å². The molecule has 82 valence electrons. The second-order valence-electron chi connectivity index (χ2n) is 3.63. The number of rotatable bonds is 4. The van der Waals surface area contributed by atoms with Gasteiger partial charge in [-0.25, -0.2) is 4.98 Å². The number of hydrogen-bond acceptors (Lipinski definition) is 5. The number of hydrogen-bond donors (Lipinski definition) is 2. The van der Waals surface area contributed by atoms with Crippen LogP contribution in [0.2, 0.25) is 0 Å². The van der Waals surface area contributed by atoms with E-state index in [0.29, 0.717) is 0 Å². The fraction of sp³-hybridized carbons (Fsp3) is 0.556. The summed E-state index contributed by atoms with van der Waals surface area (Å²) < 4.78 is 0. The van der Waals surface area contributed by atoms with Gasteiger partial charge >= 0.3 is 0 Å². The Morgan fingerprint density at radius 3 is 2.80 bits per heavy atom. The van der Waals surface area contributed by atoms with E-state index in [0.717, 1.165) is 0 Å². The molecule has 1 heterocycles. The van der Waals surface area contributed by atoms with Crippen LogP contribution in [0.3, 0.4) is 0 Å². The molecule has 0 aromatic carbocycles. The molecule has 0 aliphatic heterocycles. The third kappa shape index (κ3) is 3.99. The van der Waals surface area contributed by atoms with Gasteiger partial charge in [-0.1, -0.05) is 13.8 Å². The van der Waals surface area contributed by atoms with Crippen molar-refractivity contribution in [1.82, 2.24) is 15.2 Å². The molecule has 1 rings (SSSR count). The average molecular weight is 209 g/mol. The van der Waals surface area contributed by atoms with Crippen LogP contribution < -0.4 is 11.1 Å². The molecule has 1 aromatic rings. The number of amides is 1. The minimum Gasteiger partial charge on any atom is -0.327 e. The van der Waals surface area contributed by atoms with E-state index in [1.165, 1.54) is 12.4 Å². The molecule has 0 fully saturated rings. The Kier molecular flexibility index (Phi) is 4.11. The van der Waals surface area contributed by atoms with Crippen LogP contribution in [0.1, 0.15) is 20.3 Å². The predicted molar refractivity (Wildman–Crippen MR) is 55.9 cm³/mol. The van der Waals surface area contributed by atoms with Crippen LogP contribution >= 0.6 is 0 Å². The molecule has 0 aliphatic carbocycles. The molecular formula is C9H15N5O. The minimum atomic E-state index is -0.191. The zero-order valence-electron chi connectivity index (χ0n) is 8.84. The van der Waals surface area contributed by atoms with E-state index in [-0.39, 0.29) is 30.2 Å². The molecule has 0 bridgehead atoms. The Morgan fingerprint density at radius 2 is 2.27 bits per heavy atom. The highest BCUT2D eigenvalue weighted by atomic mass is 16.1. The first-order valence-electron chi connectivity index (χ1n) is 4.78. The summed E-state index contributed by atoms with van der Waals surface area (Å²) in [6.45, 7) is 3.94. The van der Waals surface area contributed by atoms with Gasteiger partial charge in [0, 0.05) is 12.5 Å². The van der Waals surface area contributed by atoms with Crippen molar-refractivity contribution in [3.63, 3.8) is 0 Å². The summed E-state index contributed by atoms with van der Waals surface area (Å²) in [4.78, 5) is 15.3. The summed E-state index contributed by atoms with van der Waals surface area (Å²) >= 11 is 0. The van der Waals surface area contributed by atoms with Gasteiger partial charge in [0.15, 0.2) is 0 Å². The normalized spacial score (nSPS) is 12.5. The Bertz CT molecular complexity index is 314. The first-order chi connectivity index (χ1) is 7.09. The van der Waals surface area contributed by atoms with Gasteiger partial charge in [0.1, 0.15) is 0 Å². The second kappa shape index (κ2) is 5.35. The SMILES string of the molecule is CC(C)C(N)CC(=O)Nc1nccnn1. The highest BCUT2D eigenvalue weighted by molar-refractivity contribution is 5.89. The quantitative estimate of drug-likeness (QED) is 0.738. The monoisotopic (exact) mass is 209 g/mol. The fourth-order valence-electron chi connectivity index (χ4n) is 0.930. The van der Waals surface area contributed by atoms with Crippen molar-refractivity contribution >= 4 is 11.9 Å². The zero-order valence-corrected chi connectivity index (χ0v) is 8.84. The lowest BCUT2D eigenvalue weighted by Crippen LogP contribution is -2.31. The van der Waals surface area contributed by atoms with Gasteiger partial charge in [-0.05, 0) is 5.92 Å². The summed E-state index contributed by atoms with van der Waals surface area (Å²) in [6, 6.07) is -0.151. The number of nitrogens with zero attached hydrogens (tertiary/aromatic N) is 3. The number of nitrogens with two attached hydrogens (primary N) is 1. The van der Waals surface area contributed by atoms with Crippen molar-refractivity contribution in [3.05, 3.63) is 12.4 Å². The molecule has 0 spiro atoms. The van der Waals surface area contributed by atoms with Crippen molar-refractivity contribution in [1.29, 1.82) is 0 Å². The molecule has 6 nitrogen and oxygen atoms in total. The number of nitrogens with one attached hydrogen (secondary N) is 1. The van der Waals surface area contributed by atoms with E-state index in [9.17, 15) is 4.79 Å². The number of carbonyl (C=O) groups is 1. The molecule has 3 N–H and O–H groups in total. The molecule has 0 aliphatic rings. The zero-order chi connectivity index (χ0) is 11.3. The van der Waals surface area contributed by atoms with Gasteiger partial charge in [-0.3, -0.25) is 10.1 Å². The Morgan fingerprint density at radius 1 is 1.53 bits per heavy atom. The van der Waals surface area contributed by atoms with E-state index in [2.05, 4.69) is 20.5 Å². The third-order valence-corrected chi connectivity index (χ3v) is 2.01. The van der Waals surface area contributed by atoms with Crippen LogP contribution in [0.15, 0.2) is 12.4 Å². The van der Waals surface area contributed by atoms with Crippen molar-refractivity contribution in [3.8, 4) is 0 Å². The number of aromatic nitrogens is 3. The van der Waals surface area contributed by atoms with Crippen LogP contribution in [0, 0.1) is 5.92 Å². The maximum atomic E-state index is 11.4. The molecule has 6 heteroatoms. The highest BCUT2D eigenvalue weighted by Crippen LogP contribution is 2.04. The Balaban J connectivity index is 2.43. The summed E-state index contributed by atoms with van der Waals surface area (Å²) in [7, 11) is 0. The van der Waals surface area contributed by atoms with Gasteiger partial charge in [0.2, 0.25) is 11.9 Å². The molecule has 15 heavy (non-hydrogen) atoms. The molecule has 1 atom stereocenters. The maximum Gasteiger partial charge on any atom is 0.249 e. The maximum absolute atomic E-state index is 11.4. The van der Waals surface area contributed by atoms with Crippen molar-refractivity contribution < 1.29 is 4.79 Å².